The summed E-state index contributed by atoms with van der Waals surface area (Å²) in [5.41, 5.74) is 5.85. The van der Waals surface area contributed by atoms with Crippen LogP contribution in [0, 0.1) is 5.41 Å². The third kappa shape index (κ3) is 3.43. The minimum Gasteiger partial charge on any atom is -0.408 e. The van der Waals surface area contributed by atoms with Gasteiger partial charge in [-0.1, -0.05) is 25.4 Å². The quantitative estimate of drug-likeness (QED) is 0.838. The molecule has 1 aromatic rings. The van der Waals surface area contributed by atoms with Crippen LogP contribution < -0.4 is 11.1 Å². The number of hydrogen-bond donors (Lipinski definition) is 2. The number of nitrogens with two attached hydrogens (primary N) is 1. The van der Waals surface area contributed by atoms with Crippen LogP contribution in [-0.4, -0.2) is 22.8 Å². The molecular weight excluding hydrogens is 216 g/mol. The summed E-state index contributed by atoms with van der Waals surface area (Å²) in [6.07, 6.45) is 5.53. The van der Waals surface area contributed by atoms with Crippen LogP contribution in [0.25, 0.3) is 0 Å². The first-order valence-electron chi connectivity index (χ1n) is 6.38. The fourth-order valence-electron chi connectivity index (χ4n) is 2.53. The molecule has 0 spiro atoms. The molecule has 1 aliphatic rings. The molecule has 0 aromatic carbocycles. The summed E-state index contributed by atoms with van der Waals surface area (Å²) in [7, 11) is 0. The first-order valence-corrected chi connectivity index (χ1v) is 6.38. The molecule has 2 rings (SSSR count). The van der Waals surface area contributed by atoms with E-state index < -0.39 is 0 Å². The zero-order chi connectivity index (χ0) is 12.3. The minimum absolute atomic E-state index is 0.413. The van der Waals surface area contributed by atoms with Crippen LogP contribution in [0.2, 0.25) is 0 Å². The molecule has 0 saturated heterocycles. The van der Waals surface area contributed by atoms with Crippen molar-refractivity contribution in [3.63, 3.8) is 0 Å². The molecule has 5 nitrogen and oxygen atoms in total. The molecule has 0 radical (unpaired) electrons. The zero-order valence-electron chi connectivity index (χ0n) is 10.7. The van der Waals surface area contributed by atoms with Crippen LogP contribution in [0.5, 0.6) is 0 Å². The fourth-order valence-corrected chi connectivity index (χ4v) is 2.53. The molecule has 1 unspecified atom stereocenters. The largest absolute Gasteiger partial charge is 0.408 e. The Kier molecular flexibility index (Phi) is 3.66. The van der Waals surface area contributed by atoms with Gasteiger partial charge in [0.05, 0.1) is 0 Å². The van der Waals surface area contributed by atoms with Gasteiger partial charge in [0.15, 0.2) is 0 Å². The highest BCUT2D eigenvalue weighted by Crippen LogP contribution is 2.36. The molecule has 0 amide bonds. The van der Waals surface area contributed by atoms with Crippen LogP contribution in [0.4, 0.5) is 6.01 Å². The van der Waals surface area contributed by atoms with Crippen molar-refractivity contribution in [3.8, 4) is 0 Å². The molecule has 1 aliphatic carbocycles. The number of anilines is 1. The van der Waals surface area contributed by atoms with E-state index in [1.54, 1.807) is 0 Å². The maximum atomic E-state index is 5.48. The van der Waals surface area contributed by atoms with Gasteiger partial charge in [0.2, 0.25) is 5.89 Å². The van der Waals surface area contributed by atoms with E-state index in [0.717, 1.165) is 6.42 Å². The molecule has 17 heavy (non-hydrogen) atoms. The summed E-state index contributed by atoms with van der Waals surface area (Å²) < 4.78 is 5.48. The molecule has 0 aliphatic heterocycles. The minimum atomic E-state index is 0.413. The van der Waals surface area contributed by atoms with E-state index in [1.807, 2.05) is 0 Å². The molecule has 1 atom stereocenters. The van der Waals surface area contributed by atoms with E-state index in [4.69, 9.17) is 10.2 Å². The van der Waals surface area contributed by atoms with Crippen molar-refractivity contribution in [2.75, 3.05) is 11.9 Å². The Balaban J connectivity index is 1.91. The number of rotatable bonds is 4. The highest BCUT2D eigenvalue weighted by molar-refractivity contribution is 5.20. The molecule has 3 N–H and O–H groups in total. The van der Waals surface area contributed by atoms with Gasteiger partial charge < -0.3 is 15.5 Å². The molecule has 0 bridgehead atoms. The Bertz CT molecular complexity index is 361. The van der Waals surface area contributed by atoms with E-state index in [-0.39, 0.29) is 0 Å². The van der Waals surface area contributed by atoms with E-state index in [2.05, 4.69) is 29.4 Å². The summed E-state index contributed by atoms with van der Waals surface area (Å²) in [5.74, 6) is 0.616. The summed E-state index contributed by atoms with van der Waals surface area (Å²) >= 11 is 0. The average molecular weight is 238 g/mol. The van der Waals surface area contributed by atoms with Crippen molar-refractivity contribution in [2.45, 2.75) is 52.0 Å². The van der Waals surface area contributed by atoms with Crippen LogP contribution in [-0.2, 0) is 6.42 Å². The Labute approximate surface area is 102 Å². The van der Waals surface area contributed by atoms with Gasteiger partial charge in [-0.2, -0.15) is 0 Å². The summed E-state index contributed by atoms with van der Waals surface area (Å²) in [4.78, 5) is 0. The molecule has 96 valence electrons. The Morgan fingerprint density at radius 3 is 3.00 bits per heavy atom. The molecular formula is C12H22N4O. The highest BCUT2D eigenvalue weighted by atomic mass is 16.4. The van der Waals surface area contributed by atoms with E-state index >= 15 is 0 Å². The summed E-state index contributed by atoms with van der Waals surface area (Å²) in [5, 5.41) is 11.3. The number of nitrogens with zero attached hydrogens (tertiary/aromatic N) is 2. The zero-order valence-corrected chi connectivity index (χ0v) is 10.7. The average Bonchev–Trinajstić information content (AvgIpc) is 2.64. The predicted octanol–water partition coefficient (Wildman–Crippen LogP) is 1.95. The second-order valence-corrected chi connectivity index (χ2v) is 5.64. The third-order valence-electron chi connectivity index (χ3n) is 3.36. The standard InChI is InChI=1S/C12H22N4O/c1-12(2)6-3-4-9(8-12)14-11-16-15-10(17-11)5-7-13/h9H,3-8,13H2,1-2H3,(H,14,16). The van der Waals surface area contributed by atoms with E-state index in [9.17, 15) is 0 Å². The molecule has 1 saturated carbocycles. The lowest BCUT2D eigenvalue weighted by Gasteiger charge is -2.35. The molecule has 1 heterocycles. The Morgan fingerprint density at radius 2 is 2.29 bits per heavy atom. The second-order valence-electron chi connectivity index (χ2n) is 5.64. The van der Waals surface area contributed by atoms with Gasteiger partial charge in [0.1, 0.15) is 0 Å². The first kappa shape index (κ1) is 12.4. The van der Waals surface area contributed by atoms with Crippen molar-refractivity contribution in [1.82, 2.24) is 10.2 Å². The van der Waals surface area contributed by atoms with Crippen LogP contribution in [0.3, 0.4) is 0 Å². The van der Waals surface area contributed by atoms with E-state index in [0.29, 0.717) is 36.3 Å². The van der Waals surface area contributed by atoms with Crippen molar-refractivity contribution in [1.29, 1.82) is 0 Å². The van der Waals surface area contributed by atoms with Crippen molar-refractivity contribution in [3.05, 3.63) is 5.89 Å². The van der Waals surface area contributed by atoms with Gasteiger partial charge in [-0.15, -0.1) is 5.10 Å². The maximum absolute atomic E-state index is 5.48. The van der Waals surface area contributed by atoms with Crippen molar-refractivity contribution >= 4 is 6.01 Å². The predicted molar refractivity (Wildman–Crippen MR) is 66.7 cm³/mol. The Morgan fingerprint density at radius 1 is 1.47 bits per heavy atom. The molecule has 1 aromatic heterocycles. The van der Waals surface area contributed by atoms with Gasteiger partial charge in [-0.05, 0) is 24.7 Å². The van der Waals surface area contributed by atoms with Crippen LogP contribution >= 0.6 is 0 Å². The first-order chi connectivity index (χ1) is 8.09. The van der Waals surface area contributed by atoms with Crippen molar-refractivity contribution in [2.24, 2.45) is 11.1 Å². The van der Waals surface area contributed by atoms with Gasteiger partial charge >= 0.3 is 6.01 Å². The molecule has 5 heteroatoms. The number of hydrogen-bond acceptors (Lipinski definition) is 5. The SMILES string of the molecule is CC1(C)CCCC(Nc2nnc(CCN)o2)C1. The van der Waals surface area contributed by atoms with Crippen LogP contribution in [0.1, 0.15) is 45.4 Å². The van der Waals surface area contributed by atoms with Gasteiger partial charge in [0, 0.05) is 19.0 Å². The van der Waals surface area contributed by atoms with E-state index in [1.165, 1.54) is 19.3 Å². The lowest BCUT2D eigenvalue weighted by Crippen LogP contribution is -2.31. The second kappa shape index (κ2) is 5.04. The van der Waals surface area contributed by atoms with Crippen molar-refractivity contribution < 1.29 is 4.42 Å². The summed E-state index contributed by atoms with van der Waals surface area (Å²) in [6.45, 7) is 5.17. The van der Waals surface area contributed by atoms with Gasteiger partial charge in [-0.3, -0.25) is 0 Å². The molecule has 1 fully saturated rings. The monoisotopic (exact) mass is 238 g/mol. The third-order valence-corrected chi connectivity index (χ3v) is 3.36. The normalized spacial score (nSPS) is 23.6. The smallest absolute Gasteiger partial charge is 0.315 e. The highest BCUT2D eigenvalue weighted by Gasteiger charge is 2.28. The lowest BCUT2D eigenvalue weighted by atomic mass is 9.75. The fraction of sp³-hybridized carbons (Fsp3) is 0.833. The topological polar surface area (TPSA) is 77.0 Å². The number of aromatic nitrogens is 2. The number of nitrogens with one attached hydrogen (secondary N) is 1. The Hall–Kier alpha value is -1.10. The van der Waals surface area contributed by atoms with Gasteiger partial charge in [-0.25, -0.2) is 0 Å². The van der Waals surface area contributed by atoms with Crippen LogP contribution in [0.15, 0.2) is 4.42 Å². The lowest BCUT2D eigenvalue weighted by molar-refractivity contribution is 0.227. The maximum Gasteiger partial charge on any atom is 0.315 e. The van der Waals surface area contributed by atoms with Gasteiger partial charge in [0.25, 0.3) is 0 Å². The summed E-state index contributed by atoms with van der Waals surface area (Å²) in [6, 6.07) is 0.987.